The Kier molecular flexibility index (Phi) is 5.40. The first kappa shape index (κ1) is 15.3. The molecule has 0 spiro atoms. The van der Waals surface area contributed by atoms with Gasteiger partial charge in [-0.05, 0) is 25.3 Å². The fraction of sp³-hybridized carbons (Fsp3) is 0.867. The van der Waals surface area contributed by atoms with Crippen molar-refractivity contribution in [1.82, 2.24) is 15.1 Å². The van der Waals surface area contributed by atoms with Crippen LogP contribution in [0.1, 0.15) is 39.5 Å². The molecular formula is C15H27N3O2. The number of hydrogen-bond acceptors (Lipinski definition) is 3. The highest BCUT2D eigenvalue weighted by Crippen LogP contribution is 2.13. The van der Waals surface area contributed by atoms with Gasteiger partial charge in [0, 0.05) is 32.6 Å². The molecule has 0 aromatic heterocycles. The Hall–Kier alpha value is -1.10. The lowest BCUT2D eigenvalue weighted by Gasteiger charge is -2.37. The van der Waals surface area contributed by atoms with Crippen LogP contribution >= 0.6 is 0 Å². The molecule has 0 aliphatic carbocycles. The summed E-state index contributed by atoms with van der Waals surface area (Å²) in [6.07, 6.45) is 3.86. The summed E-state index contributed by atoms with van der Waals surface area (Å²) in [6, 6.07) is 0.00154. The Labute approximate surface area is 121 Å². The molecule has 2 aliphatic rings. The quantitative estimate of drug-likeness (QED) is 0.834. The first-order valence-corrected chi connectivity index (χ1v) is 7.88. The van der Waals surface area contributed by atoms with Gasteiger partial charge in [0.1, 0.15) is 0 Å². The highest BCUT2D eigenvalue weighted by Gasteiger charge is 2.29. The molecule has 0 saturated carbocycles. The molecule has 0 aromatic carbocycles. The largest absolute Gasteiger partial charge is 0.339 e. The molecule has 2 aliphatic heterocycles. The van der Waals surface area contributed by atoms with Crippen molar-refractivity contribution >= 4 is 11.8 Å². The molecule has 1 atom stereocenters. The number of hydrogen-bond donors (Lipinski definition) is 1. The molecule has 5 heteroatoms. The first-order valence-electron chi connectivity index (χ1n) is 7.88. The SMILES string of the molecule is CC(C)CC(=O)N1CCN(C(=O)[C@@H]2CCCCN2)CC1. The summed E-state index contributed by atoms with van der Waals surface area (Å²) in [7, 11) is 0. The van der Waals surface area contributed by atoms with Gasteiger partial charge in [-0.15, -0.1) is 0 Å². The average Bonchev–Trinajstić information content (AvgIpc) is 2.47. The molecule has 2 amide bonds. The van der Waals surface area contributed by atoms with Gasteiger partial charge in [0.25, 0.3) is 0 Å². The maximum absolute atomic E-state index is 12.4. The summed E-state index contributed by atoms with van der Waals surface area (Å²) in [4.78, 5) is 28.2. The van der Waals surface area contributed by atoms with Crippen LogP contribution in [0.25, 0.3) is 0 Å². The van der Waals surface area contributed by atoms with Crippen LogP contribution in [0, 0.1) is 5.92 Å². The number of piperidine rings is 1. The monoisotopic (exact) mass is 281 g/mol. The van der Waals surface area contributed by atoms with Gasteiger partial charge in [0.15, 0.2) is 0 Å². The molecule has 0 aromatic rings. The van der Waals surface area contributed by atoms with Crippen molar-refractivity contribution < 1.29 is 9.59 Å². The van der Waals surface area contributed by atoms with Gasteiger partial charge in [0.2, 0.25) is 11.8 Å². The maximum Gasteiger partial charge on any atom is 0.239 e. The van der Waals surface area contributed by atoms with Gasteiger partial charge in [-0.2, -0.15) is 0 Å². The van der Waals surface area contributed by atoms with Crippen LogP contribution in [-0.2, 0) is 9.59 Å². The lowest BCUT2D eigenvalue weighted by atomic mass is 10.0. The van der Waals surface area contributed by atoms with E-state index in [1.54, 1.807) is 0 Å². The van der Waals surface area contributed by atoms with Gasteiger partial charge in [-0.1, -0.05) is 20.3 Å². The highest BCUT2D eigenvalue weighted by atomic mass is 16.2. The lowest BCUT2D eigenvalue weighted by molar-refractivity contribution is -0.141. The van der Waals surface area contributed by atoms with Crippen molar-refractivity contribution in [2.45, 2.75) is 45.6 Å². The Morgan fingerprint density at radius 1 is 1.10 bits per heavy atom. The van der Waals surface area contributed by atoms with E-state index in [1.165, 1.54) is 6.42 Å². The minimum Gasteiger partial charge on any atom is -0.339 e. The number of amides is 2. The van der Waals surface area contributed by atoms with Crippen LogP contribution < -0.4 is 5.32 Å². The molecule has 20 heavy (non-hydrogen) atoms. The average molecular weight is 281 g/mol. The summed E-state index contributed by atoms with van der Waals surface area (Å²) in [5, 5.41) is 3.30. The van der Waals surface area contributed by atoms with Crippen molar-refractivity contribution in [2.75, 3.05) is 32.7 Å². The van der Waals surface area contributed by atoms with Crippen LogP contribution in [-0.4, -0.2) is 60.4 Å². The highest BCUT2D eigenvalue weighted by molar-refractivity contribution is 5.82. The molecule has 2 heterocycles. The molecule has 2 rings (SSSR count). The second-order valence-corrected chi connectivity index (χ2v) is 6.31. The molecule has 1 N–H and O–H groups in total. The summed E-state index contributed by atoms with van der Waals surface area (Å²) in [6.45, 7) is 7.80. The van der Waals surface area contributed by atoms with Crippen LogP contribution in [0.15, 0.2) is 0 Å². The molecule has 0 unspecified atom stereocenters. The second kappa shape index (κ2) is 7.07. The van der Waals surface area contributed by atoms with E-state index in [4.69, 9.17) is 0 Å². The minimum atomic E-state index is 0.00154. The molecule has 2 saturated heterocycles. The van der Waals surface area contributed by atoms with Gasteiger partial charge in [0.05, 0.1) is 6.04 Å². The Bertz CT molecular complexity index is 343. The summed E-state index contributed by atoms with van der Waals surface area (Å²) in [5.41, 5.74) is 0. The fourth-order valence-corrected chi connectivity index (χ4v) is 2.94. The van der Waals surface area contributed by atoms with Gasteiger partial charge in [-0.3, -0.25) is 9.59 Å². The summed E-state index contributed by atoms with van der Waals surface area (Å²) in [5.74, 6) is 0.845. The predicted molar refractivity (Wildman–Crippen MR) is 78.3 cm³/mol. The molecule has 0 bridgehead atoms. The normalized spacial score (nSPS) is 24.1. The third-order valence-corrected chi connectivity index (χ3v) is 4.14. The smallest absolute Gasteiger partial charge is 0.239 e. The van der Waals surface area contributed by atoms with E-state index >= 15 is 0 Å². The number of nitrogens with one attached hydrogen (secondary N) is 1. The minimum absolute atomic E-state index is 0.00154. The second-order valence-electron chi connectivity index (χ2n) is 6.31. The van der Waals surface area contributed by atoms with Gasteiger partial charge >= 0.3 is 0 Å². The van der Waals surface area contributed by atoms with Crippen molar-refractivity contribution in [1.29, 1.82) is 0 Å². The predicted octanol–water partition coefficient (Wildman–Crippen LogP) is 0.845. The van der Waals surface area contributed by atoms with E-state index < -0.39 is 0 Å². The molecule has 2 fully saturated rings. The van der Waals surface area contributed by atoms with Crippen molar-refractivity contribution in [3.63, 3.8) is 0 Å². The van der Waals surface area contributed by atoms with E-state index in [0.717, 1.165) is 19.4 Å². The van der Waals surface area contributed by atoms with Crippen molar-refractivity contribution in [3.8, 4) is 0 Å². The topological polar surface area (TPSA) is 52.7 Å². The number of rotatable bonds is 3. The van der Waals surface area contributed by atoms with Crippen LogP contribution in [0.4, 0.5) is 0 Å². The van der Waals surface area contributed by atoms with Crippen molar-refractivity contribution in [2.24, 2.45) is 5.92 Å². The third-order valence-electron chi connectivity index (χ3n) is 4.14. The Balaban J connectivity index is 1.78. The maximum atomic E-state index is 12.4. The summed E-state index contributed by atoms with van der Waals surface area (Å²) >= 11 is 0. The zero-order chi connectivity index (χ0) is 14.5. The van der Waals surface area contributed by atoms with Gasteiger partial charge in [-0.25, -0.2) is 0 Å². The van der Waals surface area contributed by atoms with Crippen LogP contribution in [0.5, 0.6) is 0 Å². The van der Waals surface area contributed by atoms with Crippen molar-refractivity contribution in [3.05, 3.63) is 0 Å². The lowest BCUT2D eigenvalue weighted by Crippen LogP contribution is -2.56. The molecule has 0 radical (unpaired) electrons. The van der Waals surface area contributed by atoms with E-state index in [-0.39, 0.29) is 17.9 Å². The number of carbonyl (C=O) groups excluding carboxylic acids is 2. The third kappa shape index (κ3) is 3.95. The Morgan fingerprint density at radius 3 is 2.30 bits per heavy atom. The number of carbonyl (C=O) groups is 2. The summed E-state index contributed by atoms with van der Waals surface area (Å²) < 4.78 is 0. The molecule has 114 valence electrons. The molecular weight excluding hydrogens is 254 g/mol. The zero-order valence-corrected chi connectivity index (χ0v) is 12.7. The first-order chi connectivity index (χ1) is 9.58. The zero-order valence-electron chi connectivity index (χ0n) is 12.7. The van der Waals surface area contributed by atoms with Crippen LogP contribution in [0.2, 0.25) is 0 Å². The number of nitrogens with zero attached hydrogens (tertiary/aromatic N) is 2. The van der Waals surface area contributed by atoms with Gasteiger partial charge < -0.3 is 15.1 Å². The number of piperazine rings is 1. The van der Waals surface area contributed by atoms with E-state index in [1.807, 2.05) is 9.80 Å². The molecule has 5 nitrogen and oxygen atoms in total. The van der Waals surface area contributed by atoms with E-state index in [0.29, 0.717) is 38.5 Å². The van der Waals surface area contributed by atoms with E-state index in [2.05, 4.69) is 19.2 Å². The Morgan fingerprint density at radius 2 is 1.75 bits per heavy atom. The van der Waals surface area contributed by atoms with E-state index in [9.17, 15) is 9.59 Å². The van der Waals surface area contributed by atoms with Crippen LogP contribution in [0.3, 0.4) is 0 Å². The fourth-order valence-electron chi connectivity index (χ4n) is 2.94. The standard InChI is InChI=1S/C15H27N3O2/c1-12(2)11-14(19)17-7-9-18(10-8-17)15(20)13-5-3-4-6-16-13/h12-13,16H,3-11H2,1-2H3/t13-/m0/s1.